The van der Waals surface area contributed by atoms with Gasteiger partial charge in [-0.1, -0.05) is 30.3 Å². The Morgan fingerprint density at radius 1 is 1.20 bits per heavy atom. The lowest BCUT2D eigenvalue weighted by Gasteiger charge is -2.09. The third-order valence-electron chi connectivity index (χ3n) is 2.61. The van der Waals surface area contributed by atoms with E-state index in [1.165, 1.54) is 0 Å². The van der Waals surface area contributed by atoms with E-state index in [2.05, 4.69) is 21.2 Å². The fourth-order valence-corrected chi connectivity index (χ4v) is 2.02. The second-order valence-electron chi connectivity index (χ2n) is 4.04. The molecule has 2 aromatic carbocycles. The van der Waals surface area contributed by atoms with Gasteiger partial charge in [-0.25, -0.2) is 4.79 Å². The van der Waals surface area contributed by atoms with Gasteiger partial charge in [0.05, 0.1) is 11.6 Å². The lowest BCUT2D eigenvalue weighted by atomic mass is 10.2. The quantitative estimate of drug-likeness (QED) is 0.910. The molecule has 1 amide bonds. The molecule has 0 unspecified atom stereocenters. The summed E-state index contributed by atoms with van der Waals surface area (Å²) in [6, 6.07) is 14.8. The summed E-state index contributed by atoms with van der Waals surface area (Å²) in [6.45, 7) is 0.236. The molecule has 0 aromatic heterocycles. The number of hydrogen-bond acceptors (Lipinski definition) is 3. The molecule has 0 heterocycles. The van der Waals surface area contributed by atoms with Gasteiger partial charge in [-0.05, 0) is 33.6 Å². The third-order valence-corrected chi connectivity index (χ3v) is 3.27. The number of carbonyl (C=O) groups is 1. The van der Waals surface area contributed by atoms with Gasteiger partial charge in [-0.3, -0.25) is 5.32 Å². The topological polar surface area (TPSA) is 47.6 Å². The van der Waals surface area contributed by atoms with E-state index in [0.717, 1.165) is 10.0 Å². The minimum absolute atomic E-state index is 0.236. The highest BCUT2D eigenvalue weighted by atomic mass is 79.9. The zero-order valence-electron chi connectivity index (χ0n) is 10.9. The van der Waals surface area contributed by atoms with Crippen molar-refractivity contribution in [2.24, 2.45) is 0 Å². The average Bonchev–Trinajstić information content (AvgIpc) is 2.48. The molecule has 0 aliphatic heterocycles. The van der Waals surface area contributed by atoms with Crippen molar-refractivity contribution in [3.63, 3.8) is 0 Å². The van der Waals surface area contributed by atoms with Gasteiger partial charge in [0.15, 0.2) is 0 Å². The lowest BCUT2D eigenvalue weighted by molar-refractivity contribution is 0.155. The maximum atomic E-state index is 11.7. The Bertz CT molecular complexity index is 587. The molecule has 20 heavy (non-hydrogen) atoms. The number of rotatable bonds is 4. The summed E-state index contributed by atoms with van der Waals surface area (Å²) in [5.74, 6) is 0.644. The second kappa shape index (κ2) is 6.96. The number of benzene rings is 2. The van der Waals surface area contributed by atoms with E-state index in [4.69, 9.17) is 9.47 Å². The van der Waals surface area contributed by atoms with Crippen molar-refractivity contribution < 1.29 is 14.3 Å². The van der Waals surface area contributed by atoms with Crippen molar-refractivity contribution in [1.82, 2.24) is 0 Å². The van der Waals surface area contributed by atoms with E-state index in [0.29, 0.717) is 11.4 Å². The van der Waals surface area contributed by atoms with Crippen molar-refractivity contribution in [2.75, 3.05) is 12.4 Å². The van der Waals surface area contributed by atoms with Crippen molar-refractivity contribution in [3.05, 3.63) is 58.6 Å². The SMILES string of the molecule is COc1cc(NC(=O)OCc2ccccc2)ccc1Br. The van der Waals surface area contributed by atoms with Crippen LogP contribution in [0.15, 0.2) is 53.0 Å². The monoisotopic (exact) mass is 335 g/mol. The summed E-state index contributed by atoms with van der Waals surface area (Å²) in [5, 5.41) is 2.65. The van der Waals surface area contributed by atoms with Crippen LogP contribution in [0.4, 0.5) is 10.5 Å². The van der Waals surface area contributed by atoms with Crippen LogP contribution in [0, 0.1) is 0 Å². The van der Waals surface area contributed by atoms with Gasteiger partial charge in [0.1, 0.15) is 12.4 Å². The van der Waals surface area contributed by atoms with Gasteiger partial charge in [0.2, 0.25) is 0 Å². The largest absolute Gasteiger partial charge is 0.495 e. The first-order valence-electron chi connectivity index (χ1n) is 6.00. The van der Waals surface area contributed by atoms with Gasteiger partial charge < -0.3 is 9.47 Å². The molecule has 0 spiro atoms. The van der Waals surface area contributed by atoms with Crippen LogP contribution in [0.3, 0.4) is 0 Å². The molecule has 2 rings (SSSR count). The molecule has 0 aliphatic rings. The maximum absolute atomic E-state index is 11.7. The van der Waals surface area contributed by atoms with Gasteiger partial charge in [-0.2, -0.15) is 0 Å². The van der Waals surface area contributed by atoms with Crippen LogP contribution in [0.5, 0.6) is 5.75 Å². The fourth-order valence-electron chi connectivity index (χ4n) is 1.61. The first-order valence-corrected chi connectivity index (χ1v) is 6.79. The molecule has 0 bridgehead atoms. The number of methoxy groups -OCH3 is 1. The molecular formula is C15H14BrNO3. The number of anilines is 1. The van der Waals surface area contributed by atoms with Crippen molar-refractivity contribution in [3.8, 4) is 5.75 Å². The molecular weight excluding hydrogens is 322 g/mol. The minimum atomic E-state index is -0.502. The fraction of sp³-hybridized carbons (Fsp3) is 0.133. The van der Waals surface area contributed by atoms with E-state index in [9.17, 15) is 4.79 Å². The van der Waals surface area contributed by atoms with E-state index < -0.39 is 6.09 Å². The second-order valence-corrected chi connectivity index (χ2v) is 4.89. The Hall–Kier alpha value is -2.01. The molecule has 2 aromatic rings. The lowest BCUT2D eigenvalue weighted by Crippen LogP contribution is -2.13. The first-order chi connectivity index (χ1) is 9.69. The van der Waals surface area contributed by atoms with Gasteiger partial charge in [0.25, 0.3) is 0 Å². The van der Waals surface area contributed by atoms with Crippen LogP contribution in [-0.2, 0) is 11.3 Å². The molecule has 0 atom stereocenters. The van der Waals surface area contributed by atoms with Gasteiger partial charge in [-0.15, -0.1) is 0 Å². The predicted octanol–water partition coefficient (Wildman–Crippen LogP) is 4.21. The summed E-state index contributed by atoms with van der Waals surface area (Å²) >= 11 is 3.35. The molecule has 5 heteroatoms. The van der Waals surface area contributed by atoms with Crippen LogP contribution in [0.1, 0.15) is 5.56 Å². The highest BCUT2D eigenvalue weighted by molar-refractivity contribution is 9.10. The summed E-state index contributed by atoms with van der Waals surface area (Å²) < 4.78 is 11.1. The number of amides is 1. The Balaban J connectivity index is 1.91. The summed E-state index contributed by atoms with van der Waals surface area (Å²) in [7, 11) is 1.57. The molecule has 1 N–H and O–H groups in total. The molecule has 4 nitrogen and oxygen atoms in total. The highest BCUT2D eigenvalue weighted by Gasteiger charge is 2.06. The molecule has 0 fully saturated rings. The highest BCUT2D eigenvalue weighted by Crippen LogP contribution is 2.27. The molecule has 0 saturated heterocycles. The van der Waals surface area contributed by atoms with Crippen LogP contribution >= 0.6 is 15.9 Å². The van der Waals surface area contributed by atoms with E-state index in [-0.39, 0.29) is 6.61 Å². The molecule has 0 saturated carbocycles. The number of carbonyl (C=O) groups excluding carboxylic acids is 1. The number of ether oxygens (including phenoxy) is 2. The van der Waals surface area contributed by atoms with Gasteiger partial charge >= 0.3 is 6.09 Å². The van der Waals surface area contributed by atoms with Crippen molar-refractivity contribution in [2.45, 2.75) is 6.61 Å². The molecule has 0 radical (unpaired) electrons. The number of halogens is 1. The van der Waals surface area contributed by atoms with Crippen LogP contribution in [-0.4, -0.2) is 13.2 Å². The molecule has 0 aliphatic carbocycles. The van der Waals surface area contributed by atoms with Crippen molar-refractivity contribution >= 4 is 27.7 Å². The summed E-state index contributed by atoms with van der Waals surface area (Å²) in [6.07, 6.45) is -0.502. The predicted molar refractivity (Wildman–Crippen MR) is 80.9 cm³/mol. The van der Waals surface area contributed by atoms with E-state index >= 15 is 0 Å². The first kappa shape index (κ1) is 14.4. The zero-order chi connectivity index (χ0) is 14.4. The van der Waals surface area contributed by atoms with Crippen LogP contribution in [0.2, 0.25) is 0 Å². The van der Waals surface area contributed by atoms with Crippen molar-refractivity contribution in [1.29, 1.82) is 0 Å². The summed E-state index contributed by atoms with van der Waals surface area (Å²) in [5.41, 5.74) is 1.55. The normalized spacial score (nSPS) is 9.90. The Labute approximate surface area is 125 Å². The maximum Gasteiger partial charge on any atom is 0.411 e. The van der Waals surface area contributed by atoms with Crippen LogP contribution < -0.4 is 10.1 Å². The minimum Gasteiger partial charge on any atom is -0.495 e. The number of nitrogens with one attached hydrogen (secondary N) is 1. The Morgan fingerprint density at radius 2 is 1.95 bits per heavy atom. The van der Waals surface area contributed by atoms with Crippen LogP contribution in [0.25, 0.3) is 0 Å². The van der Waals surface area contributed by atoms with E-state index in [1.54, 1.807) is 25.3 Å². The molecule has 104 valence electrons. The van der Waals surface area contributed by atoms with E-state index in [1.807, 2.05) is 30.3 Å². The third kappa shape index (κ3) is 3.99. The average molecular weight is 336 g/mol. The standard InChI is InChI=1S/C15H14BrNO3/c1-19-14-9-12(7-8-13(14)16)17-15(18)20-10-11-5-3-2-4-6-11/h2-9H,10H2,1H3,(H,17,18). The summed E-state index contributed by atoms with van der Waals surface area (Å²) in [4.78, 5) is 11.7. The Morgan fingerprint density at radius 3 is 2.65 bits per heavy atom. The smallest absolute Gasteiger partial charge is 0.411 e. The zero-order valence-corrected chi connectivity index (χ0v) is 12.5. The Kier molecular flexibility index (Phi) is 5.01. The van der Waals surface area contributed by atoms with Gasteiger partial charge in [0, 0.05) is 11.8 Å². The number of hydrogen-bond donors (Lipinski definition) is 1.